The third-order valence-electron chi connectivity index (χ3n) is 4.56. The number of carbonyl (C=O) groups is 1. The van der Waals surface area contributed by atoms with E-state index in [0.29, 0.717) is 5.89 Å². The Kier molecular flexibility index (Phi) is 4.74. The van der Waals surface area contributed by atoms with Crippen LogP contribution in [0.25, 0.3) is 11.3 Å². The molecule has 0 unspecified atom stereocenters. The normalized spacial score (nSPS) is 17.9. The van der Waals surface area contributed by atoms with E-state index in [1.807, 2.05) is 36.9 Å². The Bertz CT molecular complexity index is 704. The summed E-state index contributed by atoms with van der Waals surface area (Å²) in [5, 5.41) is 0. The molecule has 1 aliphatic heterocycles. The molecule has 4 heteroatoms. The number of carbonyl (C=O) groups excluding carboxylic acids is 1. The van der Waals surface area contributed by atoms with Crippen molar-refractivity contribution < 1.29 is 9.21 Å². The van der Waals surface area contributed by atoms with Gasteiger partial charge in [-0.2, -0.15) is 0 Å². The molecule has 0 bridgehead atoms. The monoisotopic (exact) mass is 326 g/mol. The summed E-state index contributed by atoms with van der Waals surface area (Å²) >= 11 is 0. The number of oxazole rings is 1. The minimum Gasteiger partial charge on any atom is -0.442 e. The van der Waals surface area contributed by atoms with Gasteiger partial charge in [0, 0.05) is 23.9 Å². The molecule has 1 aliphatic rings. The van der Waals surface area contributed by atoms with Crippen molar-refractivity contribution >= 4 is 5.91 Å². The fraction of sp³-hybridized carbons (Fsp3) is 0.500. The van der Waals surface area contributed by atoms with Crippen LogP contribution in [-0.2, 0) is 4.79 Å². The lowest BCUT2D eigenvalue weighted by molar-refractivity contribution is -0.135. The van der Waals surface area contributed by atoms with Gasteiger partial charge in [-0.25, -0.2) is 4.98 Å². The third-order valence-corrected chi connectivity index (χ3v) is 4.56. The molecular weight excluding hydrogens is 300 g/mol. The SMILES string of the molecule is CC(C)C(=O)N1CCC[C@H]1c1nc(-c2ccccc2)c(C(C)C)o1. The molecule has 4 nitrogen and oxygen atoms in total. The van der Waals surface area contributed by atoms with Gasteiger partial charge in [0.15, 0.2) is 0 Å². The van der Waals surface area contributed by atoms with Crippen molar-refractivity contribution in [3.05, 3.63) is 42.0 Å². The van der Waals surface area contributed by atoms with Crippen LogP contribution in [0.3, 0.4) is 0 Å². The Morgan fingerprint density at radius 3 is 2.54 bits per heavy atom. The number of likely N-dealkylation sites (tertiary alicyclic amines) is 1. The molecule has 0 N–H and O–H groups in total. The van der Waals surface area contributed by atoms with Gasteiger partial charge >= 0.3 is 0 Å². The predicted molar refractivity (Wildman–Crippen MR) is 94.6 cm³/mol. The Labute approximate surface area is 143 Å². The highest BCUT2D eigenvalue weighted by Crippen LogP contribution is 2.37. The summed E-state index contributed by atoms with van der Waals surface area (Å²) in [6.07, 6.45) is 1.92. The van der Waals surface area contributed by atoms with Crippen molar-refractivity contribution in [2.75, 3.05) is 6.54 Å². The first kappa shape index (κ1) is 16.7. The van der Waals surface area contributed by atoms with E-state index in [1.54, 1.807) is 0 Å². The lowest BCUT2D eigenvalue weighted by Gasteiger charge is -2.24. The fourth-order valence-corrected chi connectivity index (χ4v) is 3.30. The van der Waals surface area contributed by atoms with Crippen LogP contribution in [0.1, 0.15) is 64.1 Å². The predicted octanol–water partition coefficient (Wildman–Crippen LogP) is 4.78. The van der Waals surface area contributed by atoms with Crippen molar-refractivity contribution in [3.8, 4) is 11.3 Å². The summed E-state index contributed by atoms with van der Waals surface area (Å²) in [4.78, 5) is 19.2. The van der Waals surface area contributed by atoms with Crippen LogP contribution >= 0.6 is 0 Å². The summed E-state index contributed by atoms with van der Waals surface area (Å²) in [5.41, 5.74) is 1.97. The van der Waals surface area contributed by atoms with E-state index >= 15 is 0 Å². The molecule has 0 spiro atoms. The van der Waals surface area contributed by atoms with Crippen LogP contribution in [0.5, 0.6) is 0 Å². The second-order valence-electron chi connectivity index (χ2n) is 7.13. The maximum atomic E-state index is 12.5. The zero-order valence-corrected chi connectivity index (χ0v) is 15.0. The average Bonchev–Trinajstić information content (AvgIpc) is 3.21. The molecule has 0 aliphatic carbocycles. The second-order valence-corrected chi connectivity index (χ2v) is 7.13. The van der Waals surface area contributed by atoms with Crippen LogP contribution in [0.15, 0.2) is 34.7 Å². The molecule has 1 amide bonds. The van der Waals surface area contributed by atoms with E-state index in [0.717, 1.165) is 36.4 Å². The van der Waals surface area contributed by atoms with Gasteiger partial charge < -0.3 is 9.32 Å². The van der Waals surface area contributed by atoms with Crippen molar-refractivity contribution in [2.24, 2.45) is 5.92 Å². The summed E-state index contributed by atoms with van der Waals surface area (Å²) in [7, 11) is 0. The first-order valence-corrected chi connectivity index (χ1v) is 8.85. The minimum atomic E-state index is -0.0325. The summed E-state index contributed by atoms with van der Waals surface area (Å²) in [5.74, 6) is 2.02. The van der Waals surface area contributed by atoms with E-state index in [1.165, 1.54) is 0 Å². The van der Waals surface area contributed by atoms with E-state index in [-0.39, 0.29) is 23.8 Å². The fourth-order valence-electron chi connectivity index (χ4n) is 3.30. The van der Waals surface area contributed by atoms with Gasteiger partial charge in [0.1, 0.15) is 17.5 Å². The molecule has 0 saturated carbocycles. The van der Waals surface area contributed by atoms with Crippen LogP contribution in [-0.4, -0.2) is 22.3 Å². The van der Waals surface area contributed by atoms with Gasteiger partial charge in [0.05, 0.1) is 0 Å². The lowest BCUT2D eigenvalue weighted by Crippen LogP contribution is -2.33. The molecule has 1 atom stereocenters. The molecule has 2 heterocycles. The zero-order valence-electron chi connectivity index (χ0n) is 15.0. The molecule has 1 fully saturated rings. The Morgan fingerprint density at radius 2 is 1.92 bits per heavy atom. The number of rotatable bonds is 4. The molecule has 2 aromatic rings. The van der Waals surface area contributed by atoms with Crippen LogP contribution in [0.2, 0.25) is 0 Å². The number of hydrogen-bond donors (Lipinski definition) is 0. The van der Waals surface area contributed by atoms with Crippen LogP contribution in [0.4, 0.5) is 0 Å². The number of benzene rings is 1. The Hall–Kier alpha value is -2.10. The molecule has 0 radical (unpaired) electrons. The number of hydrogen-bond acceptors (Lipinski definition) is 3. The maximum Gasteiger partial charge on any atom is 0.225 e. The summed E-state index contributed by atoms with van der Waals surface area (Å²) in [6.45, 7) is 8.91. The standard InChI is InChI=1S/C20H26N2O2/c1-13(2)18-17(15-9-6-5-7-10-15)21-19(24-18)16-11-8-12-22(16)20(23)14(3)4/h5-7,9-10,13-14,16H,8,11-12H2,1-4H3/t16-/m0/s1. The largest absolute Gasteiger partial charge is 0.442 e. The first-order valence-electron chi connectivity index (χ1n) is 8.85. The van der Waals surface area contributed by atoms with Gasteiger partial charge in [-0.05, 0) is 12.8 Å². The Balaban J connectivity index is 1.99. The van der Waals surface area contributed by atoms with E-state index in [2.05, 4.69) is 26.0 Å². The quantitative estimate of drug-likeness (QED) is 0.812. The highest BCUT2D eigenvalue weighted by Gasteiger charge is 2.35. The van der Waals surface area contributed by atoms with E-state index < -0.39 is 0 Å². The number of nitrogens with zero attached hydrogens (tertiary/aromatic N) is 2. The van der Waals surface area contributed by atoms with Crippen molar-refractivity contribution in [2.45, 2.75) is 52.5 Å². The van der Waals surface area contributed by atoms with Gasteiger partial charge in [0.2, 0.25) is 11.8 Å². The van der Waals surface area contributed by atoms with Gasteiger partial charge in [0.25, 0.3) is 0 Å². The molecule has 3 rings (SSSR count). The van der Waals surface area contributed by atoms with Gasteiger partial charge in [-0.1, -0.05) is 58.0 Å². The van der Waals surface area contributed by atoms with Crippen molar-refractivity contribution in [3.63, 3.8) is 0 Å². The summed E-state index contributed by atoms with van der Waals surface area (Å²) < 4.78 is 6.17. The summed E-state index contributed by atoms with van der Waals surface area (Å²) in [6, 6.07) is 10.1. The molecule has 1 aromatic carbocycles. The average molecular weight is 326 g/mol. The highest BCUT2D eigenvalue weighted by molar-refractivity contribution is 5.78. The van der Waals surface area contributed by atoms with Crippen molar-refractivity contribution in [1.29, 1.82) is 0 Å². The molecule has 128 valence electrons. The van der Waals surface area contributed by atoms with E-state index in [9.17, 15) is 4.79 Å². The third kappa shape index (κ3) is 3.10. The molecule has 1 aromatic heterocycles. The first-order chi connectivity index (χ1) is 11.5. The zero-order chi connectivity index (χ0) is 17.3. The highest BCUT2D eigenvalue weighted by atomic mass is 16.4. The molecule has 1 saturated heterocycles. The number of amides is 1. The number of aromatic nitrogens is 1. The second kappa shape index (κ2) is 6.80. The smallest absolute Gasteiger partial charge is 0.225 e. The van der Waals surface area contributed by atoms with Gasteiger partial charge in [-0.3, -0.25) is 4.79 Å². The Morgan fingerprint density at radius 1 is 1.21 bits per heavy atom. The van der Waals surface area contributed by atoms with Crippen LogP contribution in [0, 0.1) is 5.92 Å². The van der Waals surface area contributed by atoms with Crippen molar-refractivity contribution in [1.82, 2.24) is 9.88 Å². The van der Waals surface area contributed by atoms with Crippen LogP contribution < -0.4 is 0 Å². The molecular formula is C20H26N2O2. The lowest BCUT2D eigenvalue weighted by atomic mass is 10.0. The topological polar surface area (TPSA) is 46.3 Å². The maximum absolute atomic E-state index is 12.5. The van der Waals surface area contributed by atoms with E-state index in [4.69, 9.17) is 9.40 Å². The minimum absolute atomic E-state index is 0.00118. The molecule has 24 heavy (non-hydrogen) atoms. The van der Waals surface area contributed by atoms with Gasteiger partial charge in [-0.15, -0.1) is 0 Å².